The Labute approximate surface area is 122 Å². The van der Waals surface area contributed by atoms with Gasteiger partial charge in [-0.05, 0) is 31.2 Å². The summed E-state index contributed by atoms with van der Waals surface area (Å²) in [7, 11) is 0. The maximum absolute atomic E-state index is 12.0. The van der Waals surface area contributed by atoms with E-state index in [1.165, 1.54) is 12.4 Å². The molecule has 0 fully saturated rings. The first-order valence-electron chi connectivity index (χ1n) is 5.92. The van der Waals surface area contributed by atoms with Gasteiger partial charge in [0.2, 0.25) is 0 Å². The average Bonchev–Trinajstić information content (AvgIpc) is 2.42. The number of hydrogen-bond donors (Lipinski definition) is 4. The summed E-state index contributed by atoms with van der Waals surface area (Å²) in [5, 5.41) is 20.0. The van der Waals surface area contributed by atoms with Gasteiger partial charge in [0.1, 0.15) is 11.8 Å². The van der Waals surface area contributed by atoms with Crippen molar-refractivity contribution >= 4 is 11.8 Å². The Morgan fingerprint density at radius 1 is 1.23 bits per heavy atom. The highest BCUT2D eigenvalue weighted by Gasteiger charge is 2.31. The van der Waals surface area contributed by atoms with E-state index in [9.17, 15) is 27.9 Å². The Bertz CT molecular complexity index is 531. The lowest BCUT2D eigenvalue weighted by atomic mass is 10.1. The Morgan fingerprint density at radius 2 is 1.77 bits per heavy atom. The predicted molar refractivity (Wildman–Crippen MR) is 66.0 cm³/mol. The molecule has 0 aliphatic heterocycles. The van der Waals surface area contributed by atoms with Crippen LogP contribution in [0.2, 0.25) is 0 Å². The fourth-order valence-corrected chi connectivity index (χ4v) is 1.51. The van der Waals surface area contributed by atoms with Crippen molar-refractivity contribution in [2.24, 2.45) is 0 Å². The lowest BCUT2D eigenvalue weighted by Crippen LogP contribution is -2.51. The van der Waals surface area contributed by atoms with E-state index in [0.717, 1.165) is 24.3 Å². The summed E-state index contributed by atoms with van der Waals surface area (Å²) in [5.74, 6) is -2.38. The largest absolute Gasteiger partial charge is 0.573 e. The molecule has 1 aromatic rings. The van der Waals surface area contributed by atoms with Gasteiger partial charge < -0.3 is 15.2 Å². The number of carbonyl (C=O) groups is 2. The van der Waals surface area contributed by atoms with Crippen LogP contribution in [0.15, 0.2) is 24.3 Å². The van der Waals surface area contributed by atoms with Crippen LogP contribution in [0.3, 0.4) is 0 Å². The minimum absolute atomic E-state index is 0.0640. The van der Waals surface area contributed by atoms with Crippen LogP contribution in [0.1, 0.15) is 17.3 Å². The first-order chi connectivity index (χ1) is 10.1. The molecule has 0 aliphatic rings. The van der Waals surface area contributed by atoms with Crippen molar-refractivity contribution in [1.82, 2.24) is 10.8 Å². The van der Waals surface area contributed by atoms with Crippen LogP contribution in [-0.4, -0.2) is 40.6 Å². The fourth-order valence-electron chi connectivity index (χ4n) is 1.51. The number of nitrogens with one attached hydrogen (secondary N) is 2. The fraction of sp³-hybridized carbons (Fsp3) is 0.333. The number of alkyl halides is 3. The van der Waals surface area contributed by atoms with Gasteiger partial charge in [-0.25, -0.2) is 5.48 Å². The van der Waals surface area contributed by atoms with E-state index in [1.807, 2.05) is 0 Å². The Balaban J connectivity index is 2.79. The molecule has 10 heteroatoms. The molecule has 0 aliphatic carbocycles. The van der Waals surface area contributed by atoms with Crippen LogP contribution in [0, 0.1) is 0 Å². The molecule has 0 saturated heterocycles. The normalized spacial score (nSPS) is 13.9. The highest BCUT2D eigenvalue weighted by atomic mass is 19.4. The molecule has 0 radical (unpaired) electrons. The van der Waals surface area contributed by atoms with Crippen molar-refractivity contribution < 1.29 is 37.8 Å². The summed E-state index contributed by atoms with van der Waals surface area (Å²) in [4.78, 5) is 23.1. The molecular weight excluding hydrogens is 309 g/mol. The standard InChI is InChI=1S/C12H13F3N2O5/c1-6(18)9(11(20)17-21)16-10(19)7-2-4-8(5-3-7)22-12(13,14)15/h2-6,9,18,21H,1H3,(H,16,19)(H,17,20). The number of hydrogen-bond acceptors (Lipinski definition) is 5. The van der Waals surface area contributed by atoms with Crippen LogP contribution in [0.4, 0.5) is 13.2 Å². The second-order valence-corrected chi connectivity index (χ2v) is 4.24. The zero-order chi connectivity index (χ0) is 16.9. The van der Waals surface area contributed by atoms with Gasteiger partial charge in [0.15, 0.2) is 0 Å². The first-order valence-corrected chi connectivity index (χ1v) is 5.92. The Hall–Kier alpha value is -2.33. The molecule has 1 aromatic carbocycles. The number of hydroxylamine groups is 1. The van der Waals surface area contributed by atoms with E-state index in [4.69, 9.17) is 5.21 Å². The topological polar surface area (TPSA) is 108 Å². The van der Waals surface area contributed by atoms with Gasteiger partial charge in [-0.2, -0.15) is 0 Å². The summed E-state index contributed by atoms with van der Waals surface area (Å²) < 4.78 is 39.6. The quantitative estimate of drug-likeness (QED) is 0.468. The third kappa shape index (κ3) is 5.22. The van der Waals surface area contributed by atoms with Crippen molar-refractivity contribution in [1.29, 1.82) is 0 Å². The van der Waals surface area contributed by atoms with Crippen molar-refractivity contribution in [3.8, 4) is 5.75 Å². The smallest absolute Gasteiger partial charge is 0.406 e. The molecule has 1 rings (SSSR count). The summed E-state index contributed by atoms with van der Waals surface area (Å²) >= 11 is 0. The Kier molecular flexibility index (Phi) is 5.71. The number of carbonyl (C=O) groups excluding carboxylic acids is 2. The second kappa shape index (κ2) is 7.09. The number of aliphatic hydroxyl groups is 1. The molecule has 22 heavy (non-hydrogen) atoms. The number of aliphatic hydroxyl groups excluding tert-OH is 1. The number of rotatable bonds is 5. The van der Waals surface area contributed by atoms with Gasteiger partial charge in [-0.3, -0.25) is 14.8 Å². The van der Waals surface area contributed by atoms with Gasteiger partial charge in [0, 0.05) is 5.56 Å². The minimum Gasteiger partial charge on any atom is -0.406 e. The SMILES string of the molecule is CC(O)C(NC(=O)c1ccc(OC(F)(F)F)cc1)C(=O)NO. The van der Waals surface area contributed by atoms with Crippen molar-refractivity contribution in [3.63, 3.8) is 0 Å². The van der Waals surface area contributed by atoms with Crippen molar-refractivity contribution in [2.45, 2.75) is 25.4 Å². The molecule has 7 nitrogen and oxygen atoms in total. The van der Waals surface area contributed by atoms with Crippen LogP contribution < -0.4 is 15.5 Å². The highest BCUT2D eigenvalue weighted by molar-refractivity contribution is 5.97. The number of benzene rings is 1. The van der Waals surface area contributed by atoms with Gasteiger partial charge in [0.05, 0.1) is 6.10 Å². The molecule has 0 bridgehead atoms. The molecular formula is C12H13F3N2O5. The van der Waals surface area contributed by atoms with E-state index in [-0.39, 0.29) is 5.56 Å². The van der Waals surface area contributed by atoms with Crippen LogP contribution >= 0.6 is 0 Å². The van der Waals surface area contributed by atoms with E-state index >= 15 is 0 Å². The van der Waals surface area contributed by atoms with Crippen molar-refractivity contribution in [3.05, 3.63) is 29.8 Å². The maximum atomic E-state index is 12.0. The molecule has 0 saturated carbocycles. The monoisotopic (exact) mass is 322 g/mol. The third-order valence-electron chi connectivity index (χ3n) is 2.51. The van der Waals surface area contributed by atoms with Crippen molar-refractivity contribution in [2.75, 3.05) is 0 Å². The molecule has 0 spiro atoms. The highest BCUT2D eigenvalue weighted by Crippen LogP contribution is 2.22. The molecule has 4 N–H and O–H groups in total. The average molecular weight is 322 g/mol. The van der Waals surface area contributed by atoms with Crippen LogP contribution in [-0.2, 0) is 4.79 Å². The van der Waals surface area contributed by atoms with Gasteiger partial charge in [-0.1, -0.05) is 0 Å². The molecule has 2 atom stereocenters. The lowest BCUT2D eigenvalue weighted by molar-refractivity contribution is -0.274. The molecule has 0 heterocycles. The molecule has 2 unspecified atom stereocenters. The number of amides is 2. The summed E-state index contributed by atoms with van der Waals surface area (Å²) in [5.41, 5.74) is 1.22. The van der Waals surface area contributed by atoms with Gasteiger partial charge in [0.25, 0.3) is 11.8 Å². The van der Waals surface area contributed by atoms with Gasteiger partial charge in [-0.15, -0.1) is 13.2 Å². The summed E-state index contributed by atoms with van der Waals surface area (Å²) in [6.07, 6.45) is -6.15. The Morgan fingerprint density at radius 3 is 2.18 bits per heavy atom. The van der Waals surface area contributed by atoms with E-state index in [1.54, 1.807) is 0 Å². The van der Waals surface area contributed by atoms with Crippen LogP contribution in [0.25, 0.3) is 0 Å². The van der Waals surface area contributed by atoms with E-state index in [0.29, 0.717) is 0 Å². The zero-order valence-corrected chi connectivity index (χ0v) is 11.2. The molecule has 2 amide bonds. The van der Waals surface area contributed by atoms with Gasteiger partial charge >= 0.3 is 6.36 Å². The summed E-state index contributed by atoms with van der Waals surface area (Å²) in [6, 6.07) is 2.51. The predicted octanol–water partition coefficient (Wildman–Crippen LogP) is 0.570. The number of ether oxygens (including phenoxy) is 1. The van der Waals surface area contributed by atoms with E-state index in [2.05, 4.69) is 10.1 Å². The lowest BCUT2D eigenvalue weighted by Gasteiger charge is -2.19. The van der Waals surface area contributed by atoms with E-state index < -0.39 is 36.1 Å². The second-order valence-electron chi connectivity index (χ2n) is 4.24. The minimum atomic E-state index is -4.85. The maximum Gasteiger partial charge on any atom is 0.573 e. The zero-order valence-electron chi connectivity index (χ0n) is 11.2. The summed E-state index contributed by atoms with van der Waals surface area (Å²) in [6.45, 7) is 1.21. The van der Waals surface area contributed by atoms with Crippen LogP contribution in [0.5, 0.6) is 5.75 Å². The first kappa shape index (κ1) is 17.7. The number of halogens is 3. The molecule has 122 valence electrons. The molecule has 0 aromatic heterocycles. The third-order valence-corrected chi connectivity index (χ3v) is 2.51.